The highest BCUT2D eigenvalue weighted by atomic mass is 32.2. The molecular formula is C18H28N2O4S2. The largest absolute Gasteiger partial charge is 0.334 e. The third-order valence-electron chi connectivity index (χ3n) is 4.40. The Kier molecular flexibility index (Phi) is 6.17. The molecule has 146 valence electrons. The first-order valence-electron chi connectivity index (χ1n) is 8.88. The van der Waals surface area contributed by atoms with Gasteiger partial charge in [0.15, 0.2) is 9.84 Å². The molecule has 26 heavy (non-hydrogen) atoms. The molecule has 2 heterocycles. The molecule has 1 atom stereocenters. The summed E-state index contributed by atoms with van der Waals surface area (Å²) < 4.78 is 23.6. The number of rotatable bonds is 5. The van der Waals surface area contributed by atoms with Gasteiger partial charge in [-0.25, -0.2) is 8.42 Å². The van der Waals surface area contributed by atoms with E-state index in [0.29, 0.717) is 22.8 Å². The maximum atomic E-state index is 13.1. The zero-order valence-corrected chi connectivity index (χ0v) is 17.7. The Hall–Kier alpha value is -1.41. The molecule has 8 heteroatoms. The van der Waals surface area contributed by atoms with Crippen molar-refractivity contribution in [2.75, 3.05) is 23.4 Å². The quantitative estimate of drug-likeness (QED) is 0.823. The molecule has 0 saturated carbocycles. The molecule has 0 spiro atoms. The van der Waals surface area contributed by atoms with Crippen molar-refractivity contribution in [3.8, 4) is 0 Å². The standard InChI is InChI=1S/C18H28N2O4S2/c1-6-8-20(13-7-9-26(23,24)11-13)16(21)15-12(2)10-14(25-15)19-17(22)18(3,4)5/h10,13H,6-9,11H2,1-5H3,(H,19,22). The Morgan fingerprint density at radius 3 is 2.50 bits per heavy atom. The van der Waals surface area contributed by atoms with E-state index in [1.54, 1.807) is 11.0 Å². The molecule has 1 aromatic rings. The van der Waals surface area contributed by atoms with Gasteiger partial charge in [-0.2, -0.15) is 0 Å². The van der Waals surface area contributed by atoms with Gasteiger partial charge in [0.05, 0.1) is 21.4 Å². The molecule has 2 amide bonds. The number of anilines is 1. The normalized spacial score (nSPS) is 19.3. The van der Waals surface area contributed by atoms with Crippen LogP contribution in [0, 0.1) is 12.3 Å². The average Bonchev–Trinajstić information content (AvgIpc) is 3.05. The second-order valence-electron chi connectivity index (χ2n) is 7.88. The van der Waals surface area contributed by atoms with Gasteiger partial charge in [-0.05, 0) is 31.4 Å². The summed E-state index contributed by atoms with van der Waals surface area (Å²) in [6, 6.07) is 1.54. The molecule has 2 rings (SSSR count). The summed E-state index contributed by atoms with van der Waals surface area (Å²) in [5.74, 6) is -0.0733. The lowest BCUT2D eigenvalue weighted by Gasteiger charge is -2.27. The number of carbonyl (C=O) groups excluding carboxylic acids is 2. The van der Waals surface area contributed by atoms with Crippen molar-refractivity contribution in [1.82, 2.24) is 4.90 Å². The van der Waals surface area contributed by atoms with Gasteiger partial charge in [0.1, 0.15) is 0 Å². The predicted molar refractivity (Wildman–Crippen MR) is 106 cm³/mol. The van der Waals surface area contributed by atoms with Crippen molar-refractivity contribution in [3.63, 3.8) is 0 Å². The molecule has 1 aliphatic rings. The van der Waals surface area contributed by atoms with Crippen LogP contribution in [0.3, 0.4) is 0 Å². The molecule has 1 aliphatic heterocycles. The maximum absolute atomic E-state index is 13.1. The molecule has 0 aromatic carbocycles. The van der Waals surface area contributed by atoms with E-state index in [1.165, 1.54) is 11.3 Å². The zero-order chi connectivity index (χ0) is 19.7. The van der Waals surface area contributed by atoms with Crippen LogP contribution in [0.1, 0.15) is 55.8 Å². The van der Waals surface area contributed by atoms with Crippen molar-refractivity contribution < 1.29 is 18.0 Å². The Morgan fingerprint density at radius 2 is 2.00 bits per heavy atom. The smallest absolute Gasteiger partial charge is 0.264 e. The highest BCUT2D eigenvalue weighted by molar-refractivity contribution is 7.91. The summed E-state index contributed by atoms with van der Waals surface area (Å²) in [5, 5.41) is 3.50. The molecular weight excluding hydrogens is 372 g/mol. The van der Waals surface area contributed by atoms with E-state index in [9.17, 15) is 18.0 Å². The highest BCUT2D eigenvalue weighted by Gasteiger charge is 2.35. The SMILES string of the molecule is CCCN(C(=O)c1sc(NC(=O)C(C)(C)C)cc1C)C1CCS(=O)(=O)C1. The van der Waals surface area contributed by atoms with Crippen LogP contribution in [0.25, 0.3) is 0 Å². The van der Waals surface area contributed by atoms with Crippen molar-refractivity contribution in [2.45, 2.75) is 53.5 Å². The minimum atomic E-state index is -3.06. The Balaban J connectivity index is 2.22. The third-order valence-corrected chi connectivity index (χ3v) is 7.30. The molecule has 1 saturated heterocycles. The lowest BCUT2D eigenvalue weighted by Crippen LogP contribution is -2.41. The monoisotopic (exact) mass is 400 g/mol. The summed E-state index contributed by atoms with van der Waals surface area (Å²) in [7, 11) is -3.06. The second-order valence-corrected chi connectivity index (χ2v) is 11.2. The van der Waals surface area contributed by atoms with Crippen LogP contribution in [-0.4, -0.2) is 49.2 Å². The summed E-state index contributed by atoms with van der Waals surface area (Å²) in [5.41, 5.74) is 0.278. The van der Waals surface area contributed by atoms with E-state index in [0.717, 1.165) is 12.0 Å². The van der Waals surface area contributed by atoms with Crippen molar-refractivity contribution in [3.05, 3.63) is 16.5 Å². The Morgan fingerprint density at radius 1 is 1.35 bits per heavy atom. The fourth-order valence-corrected chi connectivity index (χ4v) is 5.65. The Labute approximate surface area is 159 Å². The summed E-state index contributed by atoms with van der Waals surface area (Å²) >= 11 is 1.25. The number of nitrogens with zero attached hydrogens (tertiary/aromatic N) is 1. The number of hydrogen-bond acceptors (Lipinski definition) is 5. The van der Waals surface area contributed by atoms with Crippen molar-refractivity contribution in [2.24, 2.45) is 5.41 Å². The van der Waals surface area contributed by atoms with Gasteiger partial charge < -0.3 is 10.2 Å². The van der Waals surface area contributed by atoms with E-state index >= 15 is 0 Å². The van der Waals surface area contributed by atoms with Gasteiger partial charge >= 0.3 is 0 Å². The van der Waals surface area contributed by atoms with Gasteiger partial charge in [-0.1, -0.05) is 27.7 Å². The van der Waals surface area contributed by atoms with E-state index in [4.69, 9.17) is 0 Å². The fourth-order valence-electron chi connectivity index (χ4n) is 2.90. The molecule has 6 nitrogen and oxygen atoms in total. The highest BCUT2D eigenvalue weighted by Crippen LogP contribution is 2.31. The predicted octanol–water partition coefficient (Wildman–Crippen LogP) is 3.08. The van der Waals surface area contributed by atoms with Gasteiger partial charge in [-0.15, -0.1) is 11.3 Å². The van der Waals surface area contributed by atoms with Crippen molar-refractivity contribution in [1.29, 1.82) is 0 Å². The van der Waals surface area contributed by atoms with Gasteiger partial charge in [0.25, 0.3) is 5.91 Å². The molecule has 0 bridgehead atoms. The van der Waals surface area contributed by atoms with E-state index in [1.807, 2.05) is 34.6 Å². The van der Waals surface area contributed by atoms with E-state index < -0.39 is 15.3 Å². The molecule has 0 radical (unpaired) electrons. The Bertz CT molecular complexity index is 791. The molecule has 1 unspecified atom stereocenters. The summed E-state index contributed by atoms with van der Waals surface area (Å²) in [4.78, 5) is 27.5. The summed E-state index contributed by atoms with van der Waals surface area (Å²) in [6.07, 6.45) is 1.26. The molecule has 0 aliphatic carbocycles. The van der Waals surface area contributed by atoms with Crippen LogP contribution < -0.4 is 5.32 Å². The number of thiophene rings is 1. The van der Waals surface area contributed by atoms with Crippen molar-refractivity contribution >= 4 is 38.0 Å². The first-order valence-corrected chi connectivity index (χ1v) is 11.5. The number of amides is 2. The minimum Gasteiger partial charge on any atom is -0.334 e. The molecule has 1 aromatic heterocycles. The molecule has 1 N–H and O–H groups in total. The third kappa shape index (κ3) is 4.85. The first-order chi connectivity index (χ1) is 11.9. The van der Waals surface area contributed by atoms with Gasteiger partial charge in [-0.3, -0.25) is 9.59 Å². The topological polar surface area (TPSA) is 83.6 Å². The number of aryl methyl sites for hydroxylation is 1. The van der Waals surface area contributed by atoms with Gasteiger partial charge in [0, 0.05) is 18.0 Å². The van der Waals surface area contributed by atoms with Crippen LogP contribution in [0.15, 0.2) is 6.07 Å². The lowest BCUT2D eigenvalue weighted by molar-refractivity contribution is -0.123. The minimum absolute atomic E-state index is 0.0385. The zero-order valence-electron chi connectivity index (χ0n) is 16.1. The van der Waals surface area contributed by atoms with E-state index in [2.05, 4.69) is 5.32 Å². The van der Waals surface area contributed by atoms with E-state index in [-0.39, 0.29) is 29.4 Å². The van der Waals surface area contributed by atoms with Crippen LogP contribution in [-0.2, 0) is 14.6 Å². The number of nitrogens with one attached hydrogen (secondary N) is 1. The van der Waals surface area contributed by atoms with Gasteiger partial charge in [0.2, 0.25) is 5.91 Å². The van der Waals surface area contributed by atoms with Crippen LogP contribution in [0.2, 0.25) is 0 Å². The fraction of sp³-hybridized carbons (Fsp3) is 0.667. The summed E-state index contributed by atoms with van der Waals surface area (Å²) in [6.45, 7) is 9.83. The van der Waals surface area contributed by atoms with Crippen LogP contribution in [0.4, 0.5) is 5.00 Å². The number of hydrogen-bond donors (Lipinski definition) is 1. The lowest BCUT2D eigenvalue weighted by atomic mass is 9.96. The molecule has 1 fully saturated rings. The maximum Gasteiger partial charge on any atom is 0.264 e. The number of carbonyl (C=O) groups is 2. The second kappa shape index (κ2) is 7.68. The van der Waals surface area contributed by atoms with Crippen LogP contribution >= 0.6 is 11.3 Å². The van der Waals surface area contributed by atoms with Crippen LogP contribution in [0.5, 0.6) is 0 Å². The average molecular weight is 401 g/mol. The first kappa shape index (κ1) is 20.9. The number of sulfone groups is 1.